The molecule has 12 aromatic rings. The fraction of sp³-hybridized carbons (Fsp3) is 0.0164. The average molecular weight is 803 g/mol. The summed E-state index contributed by atoms with van der Waals surface area (Å²) in [6, 6.07) is 93.3. The normalized spacial score (nSPS) is 11.8. The van der Waals surface area contributed by atoms with E-state index < -0.39 is 5.41 Å². The Hall–Kier alpha value is -8.20. The quantitative estimate of drug-likeness (QED) is 0.135. The van der Waals surface area contributed by atoms with Crippen molar-refractivity contribution in [3.05, 3.63) is 277 Å². The Bertz CT molecular complexity index is 3490. The van der Waals surface area contributed by atoms with Crippen LogP contribution >= 0.6 is 0 Å². The lowest BCUT2D eigenvalue weighted by Crippen LogP contribution is -2.31. The minimum absolute atomic E-state index is 0.557. The van der Waals surface area contributed by atoms with E-state index in [9.17, 15) is 0 Å². The standard InChI is InChI=1S/C61H42N2/c1-6-19-43(20-7-1)44-21-18-30-52(39-44)63-57-32-17-16-31-53(57)55-40-45(34-38-59(55)63)46-33-37-58-56(41-46)54-36-35-50(42-60(54)62(58)51-28-14-5-15-29-51)61(47-22-8-2-9-23-47,48-24-10-3-11-25-48)49-26-12-4-13-27-49/h1-42H. The number of hydrogen-bond donors (Lipinski definition) is 0. The molecule has 0 unspecified atom stereocenters. The van der Waals surface area contributed by atoms with Crippen molar-refractivity contribution >= 4 is 43.6 Å². The van der Waals surface area contributed by atoms with Crippen molar-refractivity contribution in [3.8, 4) is 33.6 Å². The lowest BCUT2D eigenvalue weighted by atomic mass is 9.65. The highest BCUT2D eigenvalue weighted by Gasteiger charge is 2.38. The van der Waals surface area contributed by atoms with Gasteiger partial charge in [0.1, 0.15) is 0 Å². The number of hydrogen-bond acceptors (Lipinski definition) is 0. The molecule has 2 heteroatoms. The summed E-state index contributed by atoms with van der Waals surface area (Å²) in [5.74, 6) is 0. The maximum Gasteiger partial charge on any atom is 0.0702 e. The molecular weight excluding hydrogens is 761 g/mol. The van der Waals surface area contributed by atoms with Crippen LogP contribution in [0.25, 0.3) is 77.2 Å². The summed E-state index contributed by atoms with van der Waals surface area (Å²) in [5.41, 5.74) is 16.2. The number of rotatable bonds is 8. The molecule has 2 heterocycles. The van der Waals surface area contributed by atoms with Crippen LogP contribution in [-0.2, 0) is 5.41 Å². The molecule has 2 aromatic heterocycles. The lowest BCUT2D eigenvalue weighted by molar-refractivity contribution is 0.746. The van der Waals surface area contributed by atoms with Crippen LogP contribution in [0.4, 0.5) is 0 Å². The summed E-state index contributed by atoms with van der Waals surface area (Å²) >= 11 is 0. The molecule has 0 radical (unpaired) electrons. The zero-order valence-corrected chi connectivity index (χ0v) is 34.6. The molecule has 10 aromatic carbocycles. The van der Waals surface area contributed by atoms with Crippen LogP contribution in [0.1, 0.15) is 22.3 Å². The molecule has 0 saturated carbocycles. The molecule has 0 spiro atoms. The third-order valence-electron chi connectivity index (χ3n) is 13.1. The van der Waals surface area contributed by atoms with Gasteiger partial charge in [0, 0.05) is 32.9 Å². The van der Waals surface area contributed by atoms with Crippen LogP contribution in [0.5, 0.6) is 0 Å². The Balaban J connectivity index is 1.06. The predicted octanol–water partition coefficient (Wildman–Crippen LogP) is 15.6. The van der Waals surface area contributed by atoms with Crippen molar-refractivity contribution < 1.29 is 0 Å². The molecule has 63 heavy (non-hydrogen) atoms. The molecule has 0 fully saturated rings. The first-order valence-corrected chi connectivity index (χ1v) is 21.8. The molecule has 0 N–H and O–H groups in total. The second kappa shape index (κ2) is 15.1. The van der Waals surface area contributed by atoms with Gasteiger partial charge in [-0.3, -0.25) is 0 Å². The van der Waals surface area contributed by atoms with Crippen molar-refractivity contribution in [1.29, 1.82) is 0 Å². The van der Waals surface area contributed by atoms with Gasteiger partial charge in [0.05, 0.1) is 27.5 Å². The molecule has 0 aliphatic heterocycles. The number of fused-ring (bicyclic) bond motifs is 6. The summed E-state index contributed by atoms with van der Waals surface area (Å²) in [5, 5.41) is 4.93. The Morgan fingerprint density at radius 3 is 1.24 bits per heavy atom. The van der Waals surface area contributed by atoms with Crippen LogP contribution in [0.2, 0.25) is 0 Å². The minimum atomic E-state index is -0.557. The summed E-state index contributed by atoms with van der Waals surface area (Å²) < 4.78 is 4.86. The SMILES string of the molecule is c1ccc(-c2cccc(-n3c4ccccc4c4cc(-c5ccc6c(c5)c5ccc(C(c7ccccc7)(c7ccccc7)c7ccccc7)cc5n6-c5ccccc5)ccc43)c2)cc1. The highest BCUT2D eigenvalue weighted by Crippen LogP contribution is 2.47. The molecule has 0 bridgehead atoms. The van der Waals surface area contributed by atoms with Crippen LogP contribution in [0, 0.1) is 0 Å². The smallest absolute Gasteiger partial charge is 0.0702 e. The van der Waals surface area contributed by atoms with E-state index in [0.717, 1.165) is 11.4 Å². The zero-order valence-electron chi connectivity index (χ0n) is 34.6. The lowest BCUT2D eigenvalue weighted by Gasteiger charge is -2.37. The molecule has 12 rings (SSSR count). The molecule has 0 saturated heterocycles. The van der Waals surface area contributed by atoms with Crippen LogP contribution in [0.3, 0.4) is 0 Å². The first kappa shape index (κ1) is 36.6. The maximum atomic E-state index is 2.45. The van der Waals surface area contributed by atoms with Gasteiger partial charge in [0.25, 0.3) is 0 Å². The van der Waals surface area contributed by atoms with Crippen LogP contribution in [0.15, 0.2) is 255 Å². The van der Waals surface area contributed by atoms with E-state index in [2.05, 4.69) is 264 Å². The Morgan fingerprint density at radius 2 is 0.651 bits per heavy atom. The highest BCUT2D eigenvalue weighted by atomic mass is 15.0. The van der Waals surface area contributed by atoms with Crippen LogP contribution < -0.4 is 0 Å². The average Bonchev–Trinajstić information content (AvgIpc) is 3.88. The van der Waals surface area contributed by atoms with Gasteiger partial charge in [-0.25, -0.2) is 0 Å². The van der Waals surface area contributed by atoms with Crippen molar-refractivity contribution in [1.82, 2.24) is 9.13 Å². The van der Waals surface area contributed by atoms with E-state index in [0.29, 0.717) is 0 Å². The molecule has 2 nitrogen and oxygen atoms in total. The third-order valence-corrected chi connectivity index (χ3v) is 13.1. The van der Waals surface area contributed by atoms with Crippen LogP contribution in [-0.4, -0.2) is 9.13 Å². The number of nitrogens with zero attached hydrogens (tertiary/aromatic N) is 2. The van der Waals surface area contributed by atoms with Crippen molar-refractivity contribution in [2.24, 2.45) is 0 Å². The second-order valence-electron chi connectivity index (χ2n) is 16.5. The summed E-state index contributed by atoms with van der Waals surface area (Å²) in [6.07, 6.45) is 0. The third kappa shape index (κ3) is 5.95. The van der Waals surface area contributed by atoms with E-state index in [1.807, 2.05) is 0 Å². The fourth-order valence-electron chi connectivity index (χ4n) is 10.2. The van der Waals surface area contributed by atoms with E-state index in [1.54, 1.807) is 0 Å². The predicted molar refractivity (Wildman–Crippen MR) is 264 cm³/mol. The topological polar surface area (TPSA) is 9.86 Å². The van der Waals surface area contributed by atoms with E-state index in [-0.39, 0.29) is 0 Å². The fourth-order valence-corrected chi connectivity index (χ4v) is 10.2. The van der Waals surface area contributed by atoms with E-state index in [1.165, 1.54) is 88.1 Å². The first-order valence-electron chi connectivity index (χ1n) is 21.8. The van der Waals surface area contributed by atoms with Gasteiger partial charge in [0.2, 0.25) is 0 Å². The largest absolute Gasteiger partial charge is 0.309 e. The number of aromatic nitrogens is 2. The van der Waals surface area contributed by atoms with Gasteiger partial charge in [0.15, 0.2) is 0 Å². The van der Waals surface area contributed by atoms with Gasteiger partial charge in [-0.05, 0) is 105 Å². The van der Waals surface area contributed by atoms with Crippen molar-refractivity contribution in [2.75, 3.05) is 0 Å². The minimum Gasteiger partial charge on any atom is -0.309 e. The summed E-state index contributed by atoms with van der Waals surface area (Å²) in [4.78, 5) is 0. The molecule has 0 aliphatic carbocycles. The first-order chi connectivity index (χ1) is 31.3. The van der Waals surface area contributed by atoms with Gasteiger partial charge in [-0.2, -0.15) is 0 Å². The van der Waals surface area contributed by atoms with E-state index >= 15 is 0 Å². The summed E-state index contributed by atoms with van der Waals surface area (Å²) in [7, 11) is 0. The Labute approximate surface area is 367 Å². The molecule has 0 amide bonds. The van der Waals surface area contributed by atoms with Gasteiger partial charge in [-0.15, -0.1) is 0 Å². The van der Waals surface area contributed by atoms with Crippen molar-refractivity contribution in [2.45, 2.75) is 5.41 Å². The molecular formula is C61H42N2. The number of benzene rings is 10. The van der Waals surface area contributed by atoms with E-state index in [4.69, 9.17) is 0 Å². The van der Waals surface area contributed by atoms with Crippen molar-refractivity contribution in [3.63, 3.8) is 0 Å². The monoisotopic (exact) mass is 802 g/mol. The number of para-hydroxylation sites is 2. The Kier molecular flexibility index (Phi) is 8.76. The molecule has 0 atom stereocenters. The zero-order chi connectivity index (χ0) is 41.7. The maximum absolute atomic E-state index is 2.45. The molecule has 296 valence electrons. The Morgan fingerprint density at radius 1 is 0.222 bits per heavy atom. The van der Waals surface area contributed by atoms with Gasteiger partial charge in [-0.1, -0.05) is 194 Å². The summed E-state index contributed by atoms with van der Waals surface area (Å²) in [6.45, 7) is 0. The highest BCUT2D eigenvalue weighted by molar-refractivity contribution is 6.13. The molecule has 0 aliphatic rings. The van der Waals surface area contributed by atoms with Gasteiger partial charge < -0.3 is 9.13 Å². The van der Waals surface area contributed by atoms with Gasteiger partial charge >= 0.3 is 0 Å². The second-order valence-corrected chi connectivity index (χ2v) is 16.5.